The molecule has 0 unspecified atom stereocenters. The van der Waals surface area contributed by atoms with E-state index in [0.717, 1.165) is 21.3 Å². The van der Waals surface area contributed by atoms with E-state index in [4.69, 9.17) is 11.6 Å². The highest BCUT2D eigenvalue weighted by atomic mass is 79.9. The molecule has 0 spiro atoms. The monoisotopic (exact) mass is 469 g/mol. The lowest BCUT2D eigenvalue weighted by atomic mass is 9.88. The minimum Gasteiger partial charge on any atom is -0.365 e. The average Bonchev–Trinajstić information content (AvgIpc) is 2.66. The van der Waals surface area contributed by atoms with E-state index in [1.165, 1.54) is 6.08 Å². The van der Waals surface area contributed by atoms with Crippen LogP contribution in [-0.4, -0.2) is 18.5 Å². The predicted molar refractivity (Wildman–Crippen MR) is 124 cm³/mol. The molecule has 1 aliphatic rings. The van der Waals surface area contributed by atoms with Crippen LogP contribution in [-0.2, 0) is 4.79 Å². The molecule has 1 amide bonds. The Morgan fingerprint density at radius 2 is 1.93 bits per heavy atom. The Balaban J connectivity index is 1.96. The van der Waals surface area contributed by atoms with E-state index >= 15 is 0 Å². The van der Waals surface area contributed by atoms with Crippen molar-refractivity contribution < 1.29 is 4.79 Å². The van der Waals surface area contributed by atoms with Crippen LogP contribution in [0.5, 0.6) is 0 Å². The minimum atomic E-state index is -0.478. The Hall–Kier alpha value is -2.55. The average molecular weight is 471 g/mol. The van der Waals surface area contributed by atoms with Crippen molar-refractivity contribution in [3.8, 4) is 6.07 Å². The summed E-state index contributed by atoms with van der Waals surface area (Å²) in [6.45, 7) is 6.34. The van der Waals surface area contributed by atoms with Crippen molar-refractivity contribution in [3.63, 3.8) is 0 Å². The van der Waals surface area contributed by atoms with Crippen molar-refractivity contribution in [2.75, 3.05) is 17.3 Å². The van der Waals surface area contributed by atoms with Crippen molar-refractivity contribution in [2.45, 2.75) is 26.3 Å². The molecule has 1 aliphatic heterocycles. The van der Waals surface area contributed by atoms with Crippen LogP contribution < -0.4 is 10.2 Å². The van der Waals surface area contributed by atoms with Crippen LogP contribution in [0.4, 0.5) is 11.4 Å². The van der Waals surface area contributed by atoms with Crippen LogP contribution in [0, 0.1) is 11.3 Å². The number of anilines is 2. The number of fused-ring (bicyclic) bond motifs is 1. The van der Waals surface area contributed by atoms with Gasteiger partial charge >= 0.3 is 0 Å². The van der Waals surface area contributed by atoms with E-state index in [1.807, 2.05) is 37.4 Å². The molecule has 0 atom stereocenters. The van der Waals surface area contributed by atoms with Crippen LogP contribution in [0.25, 0.3) is 11.6 Å². The molecule has 0 radical (unpaired) electrons. The van der Waals surface area contributed by atoms with Crippen molar-refractivity contribution in [2.24, 2.45) is 0 Å². The van der Waals surface area contributed by atoms with Crippen molar-refractivity contribution in [1.29, 1.82) is 5.26 Å². The zero-order valence-electron chi connectivity index (χ0n) is 16.7. The highest BCUT2D eigenvalue weighted by Crippen LogP contribution is 2.40. The summed E-state index contributed by atoms with van der Waals surface area (Å²) in [5, 5.41) is 12.7. The van der Waals surface area contributed by atoms with E-state index < -0.39 is 5.91 Å². The number of rotatable bonds is 3. The van der Waals surface area contributed by atoms with Gasteiger partial charge in [-0.05, 0) is 74.4 Å². The van der Waals surface area contributed by atoms with Crippen LogP contribution in [0.2, 0.25) is 5.02 Å². The maximum Gasteiger partial charge on any atom is 0.266 e. The zero-order valence-corrected chi connectivity index (χ0v) is 19.0. The lowest BCUT2D eigenvalue weighted by Crippen LogP contribution is -2.42. The number of hydrogen-bond acceptors (Lipinski definition) is 3. The van der Waals surface area contributed by atoms with Gasteiger partial charge in [0, 0.05) is 33.5 Å². The fourth-order valence-corrected chi connectivity index (χ4v) is 3.81. The molecule has 4 nitrogen and oxygen atoms in total. The predicted octanol–water partition coefficient (Wildman–Crippen LogP) is 6.28. The Bertz CT molecular complexity index is 1080. The van der Waals surface area contributed by atoms with E-state index in [-0.39, 0.29) is 11.1 Å². The molecule has 2 aromatic rings. The van der Waals surface area contributed by atoms with Gasteiger partial charge in [-0.15, -0.1) is 0 Å². The Labute approximate surface area is 184 Å². The van der Waals surface area contributed by atoms with E-state index in [9.17, 15) is 10.1 Å². The van der Waals surface area contributed by atoms with Gasteiger partial charge in [0.25, 0.3) is 5.91 Å². The summed E-state index contributed by atoms with van der Waals surface area (Å²) < 4.78 is 0.906. The van der Waals surface area contributed by atoms with E-state index in [2.05, 4.69) is 53.0 Å². The molecule has 0 fully saturated rings. The lowest BCUT2D eigenvalue weighted by molar-refractivity contribution is -0.112. The third-order valence-electron chi connectivity index (χ3n) is 5.10. The highest BCUT2D eigenvalue weighted by molar-refractivity contribution is 9.10. The molecule has 1 N–H and O–H groups in total. The van der Waals surface area contributed by atoms with Gasteiger partial charge < -0.3 is 10.2 Å². The van der Waals surface area contributed by atoms with Crippen LogP contribution in [0.15, 0.2) is 52.5 Å². The quantitative estimate of drug-likeness (QED) is 0.424. The summed E-state index contributed by atoms with van der Waals surface area (Å²) in [7, 11) is 2.03. The number of nitrogens with one attached hydrogen (secondary N) is 1. The lowest BCUT2D eigenvalue weighted by Gasteiger charge is -2.40. The molecular weight excluding hydrogens is 450 g/mol. The fourth-order valence-electron chi connectivity index (χ4n) is 3.33. The molecule has 148 valence electrons. The summed E-state index contributed by atoms with van der Waals surface area (Å²) in [4.78, 5) is 14.7. The van der Waals surface area contributed by atoms with Crippen molar-refractivity contribution in [1.82, 2.24) is 0 Å². The standard InChI is InChI=1S/C23H21BrClN3O/c1-14-12-23(2,3)28(4)21-11-20(25)15(10-19(14)21)9-16(13-26)22(29)27-18-7-5-17(24)6-8-18/h5-12H,1-4H3,(H,27,29)/b16-9+. The molecule has 2 aromatic carbocycles. The molecular formula is C23H21BrClN3O. The summed E-state index contributed by atoms with van der Waals surface area (Å²) in [6, 6.07) is 13.0. The first-order valence-electron chi connectivity index (χ1n) is 9.08. The molecule has 0 aliphatic carbocycles. The Morgan fingerprint density at radius 3 is 2.55 bits per heavy atom. The first-order chi connectivity index (χ1) is 13.6. The minimum absolute atomic E-state index is 0.0131. The molecule has 0 aromatic heterocycles. The number of carbonyl (C=O) groups excluding carboxylic acids is 1. The summed E-state index contributed by atoms with van der Waals surface area (Å²) in [5.41, 5.74) is 4.30. The number of allylic oxidation sites excluding steroid dienone is 1. The van der Waals surface area contributed by atoms with Gasteiger partial charge in [0.1, 0.15) is 11.6 Å². The smallest absolute Gasteiger partial charge is 0.266 e. The van der Waals surface area contributed by atoms with Gasteiger partial charge in [-0.3, -0.25) is 4.79 Å². The number of nitriles is 1. The van der Waals surface area contributed by atoms with Gasteiger partial charge in [-0.25, -0.2) is 0 Å². The molecule has 1 heterocycles. The topological polar surface area (TPSA) is 56.1 Å². The number of carbonyl (C=O) groups is 1. The number of likely N-dealkylation sites (N-methyl/N-ethyl adjacent to an activating group) is 1. The Morgan fingerprint density at radius 1 is 1.28 bits per heavy atom. The second-order valence-electron chi connectivity index (χ2n) is 7.56. The summed E-state index contributed by atoms with van der Waals surface area (Å²) in [6.07, 6.45) is 3.73. The molecule has 29 heavy (non-hydrogen) atoms. The van der Waals surface area contributed by atoms with Gasteiger partial charge in [-0.2, -0.15) is 5.26 Å². The third kappa shape index (κ3) is 4.39. The Kier molecular flexibility index (Phi) is 5.88. The largest absolute Gasteiger partial charge is 0.365 e. The van der Waals surface area contributed by atoms with Gasteiger partial charge in [-0.1, -0.05) is 33.6 Å². The summed E-state index contributed by atoms with van der Waals surface area (Å²) in [5.74, 6) is -0.478. The number of nitrogens with zero attached hydrogens (tertiary/aromatic N) is 2. The van der Waals surface area contributed by atoms with Gasteiger partial charge in [0.15, 0.2) is 0 Å². The number of hydrogen-bond donors (Lipinski definition) is 1. The first-order valence-corrected chi connectivity index (χ1v) is 10.3. The van der Waals surface area contributed by atoms with Crippen molar-refractivity contribution >= 4 is 56.5 Å². The van der Waals surface area contributed by atoms with Gasteiger partial charge in [0.05, 0.1) is 5.54 Å². The fraction of sp³-hybridized carbons (Fsp3) is 0.217. The second-order valence-corrected chi connectivity index (χ2v) is 8.88. The number of benzene rings is 2. The summed E-state index contributed by atoms with van der Waals surface area (Å²) >= 11 is 9.87. The van der Waals surface area contributed by atoms with E-state index in [0.29, 0.717) is 16.3 Å². The SMILES string of the molecule is CC1=CC(C)(C)N(C)c2cc(Cl)c(/C=C(\C#N)C(=O)Nc3ccc(Br)cc3)cc21. The molecule has 0 saturated heterocycles. The maximum atomic E-state index is 12.6. The third-order valence-corrected chi connectivity index (χ3v) is 5.96. The highest BCUT2D eigenvalue weighted by Gasteiger charge is 2.29. The molecule has 6 heteroatoms. The zero-order chi connectivity index (χ0) is 21.3. The van der Waals surface area contributed by atoms with Gasteiger partial charge in [0.2, 0.25) is 0 Å². The van der Waals surface area contributed by atoms with Crippen molar-refractivity contribution in [3.05, 3.63) is 68.7 Å². The second kappa shape index (κ2) is 8.06. The van der Waals surface area contributed by atoms with E-state index in [1.54, 1.807) is 12.1 Å². The molecule has 3 rings (SSSR count). The maximum absolute atomic E-state index is 12.6. The molecule has 0 saturated carbocycles. The first kappa shape index (κ1) is 21.2. The number of amides is 1. The van der Waals surface area contributed by atoms with Crippen LogP contribution >= 0.6 is 27.5 Å². The normalized spacial score (nSPS) is 15.3. The van der Waals surface area contributed by atoms with Crippen LogP contribution in [0.3, 0.4) is 0 Å². The number of halogens is 2. The molecule has 0 bridgehead atoms. The van der Waals surface area contributed by atoms with Crippen LogP contribution in [0.1, 0.15) is 31.9 Å².